The fourth-order valence-electron chi connectivity index (χ4n) is 2.75. The van der Waals surface area contributed by atoms with Crippen LogP contribution >= 0.6 is 11.3 Å². The lowest BCUT2D eigenvalue weighted by Crippen LogP contribution is -2.46. The molecule has 0 aromatic carbocycles. The maximum Gasteiger partial charge on any atom is 0.0794 e. The van der Waals surface area contributed by atoms with Crippen molar-refractivity contribution in [2.24, 2.45) is 0 Å². The van der Waals surface area contributed by atoms with Crippen molar-refractivity contribution < 1.29 is 0 Å². The predicted octanol–water partition coefficient (Wildman–Crippen LogP) is 3.06. The Balaban J connectivity index is 1.98. The molecular weight excluding hydrogens is 242 g/mol. The molecule has 1 aliphatic rings. The molecule has 102 valence electrons. The SMILES string of the molecule is CC(C)N(CC1CCCCN1)C(C)c1cncs1. The van der Waals surface area contributed by atoms with Gasteiger partial charge in [0.25, 0.3) is 0 Å². The third-order valence-electron chi connectivity index (χ3n) is 3.87. The molecule has 0 radical (unpaired) electrons. The molecule has 18 heavy (non-hydrogen) atoms. The smallest absolute Gasteiger partial charge is 0.0794 e. The third kappa shape index (κ3) is 3.53. The Morgan fingerprint density at radius 3 is 2.83 bits per heavy atom. The van der Waals surface area contributed by atoms with Crippen LogP contribution in [-0.2, 0) is 0 Å². The standard InChI is InChI=1S/C14H25N3S/c1-11(2)17(9-13-6-4-5-7-16-13)12(3)14-8-15-10-18-14/h8,10-13,16H,4-7,9H2,1-3H3. The van der Waals surface area contributed by atoms with Crippen molar-refractivity contribution in [3.63, 3.8) is 0 Å². The Bertz CT molecular complexity index is 331. The molecule has 4 heteroatoms. The molecule has 0 amide bonds. The monoisotopic (exact) mass is 267 g/mol. The van der Waals surface area contributed by atoms with Gasteiger partial charge in [0.1, 0.15) is 0 Å². The van der Waals surface area contributed by atoms with E-state index < -0.39 is 0 Å². The number of nitrogens with one attached hydrogen (secondary N) is 1. The minimum Gasteiger partial charge on any atom is -0.313 e. The van der Waals surface area contributed by atoms with Crippen LogP contribution in [0.15, 0.2) is 11.7 Å². The lowest BCUT2D eigenvalue weighted by Gasteiger charge is -2.36. The van der Waals surface area contributed by atoms with Gasteiger partial charge in [0.15, 0.2) is 0 Å². The van der Waals surface area contributed by atoms with Gasteiger partial charge >= 0.3 is 0 Å². The molecule has 0 saturated carbocycles. The van der Waals surface area contributed by atoms with E-state index in [1.165, 1.54) is 30.7 Å². The van der Waals surface area contributed by atoms with Crippen LogP contribution in [0.3, 0.4) is 0 Å². The Morgan fingerprint density at radius 1 is 1.44 bits per heavy atom. The zero-order chi connectivity index (χ0) is 13.0. The van der Waals surface area contributed by atoms with Crippen molar-refractivity contribution in [1.82, 2.24) is 15.2 Å². The summed E-state index contributed by atoms with van der Waals surface area (Å²) in [5.74, 6) is 0. The van der Waals surface area contributed by atoms with Crippen LogP contribution in [0.5, 0.6) is 0 Å². The normalized spacial score (nSPS) is 22.6. The van der Waals surface area contributed by atoms with Crippen LogP contribution in [0.25, 0.3) is 0 Å². The maximum atomic E-state index is 4.21. The fraction of sp³-hybridized carbons (Fsp3) is 0.786. The van der Waals surface area contributed by atoms with Gasteiger partial charge in [-0.3, -0.25) is 9.88 Å². The van der Waals surface area contributed by atoms with Crippen molar-refractivity contribution in [3.8, 4) is 0 Å². The second-order valence-electron chi connectivity index (χ2n) is 5.52. The van der Waals surface area contributed by atoms with Gasteiger partial charge in [-0.15, -0.1) is 11.3 Å². The second kappa shape index (κ2) is 6.64. The van der Waals surface area contributed by atoms with E-state index in [1.54, 1.807) is 11.3 Å². The van der Waals surface area contributed by atoms with Crippen molar-refractivity contribution in [1.29, 1.82) is 0 Å². The minimum atomic E-state index is 0.473. The van der Waals surface area contributed by atoms with E-state index in [-0.39, 0.29) is 0 Å². The van der Waals surface area contributed by atoms with Gasteiger partial charge in [0, 0.05) is 35.7 Å². The summed E-state index contributed by atoms with van der Waals surface area (Å²) in [6.07, 6.45) is 6.04. The van der Waals surface area contributed by atoms with Crippen LogP contribution in [0.4, 0.5) is 0 Å². The number of hydrogen-bond donors (Lipinski definition) is 1. The molecule has 3 nitrogen and oxygen atoms in total. The van der Waals surface area contributed by atoms with E-state index in [0.717, 1.165) is 6.54 Å². The molecule has 0 aliphatic carbocycles. The first-order chi connectivity index (χ1) is 8.68. The minimum absolute atomic E-state index is 0.473. The Labute approximate surface area is 115 Å². The van der Waals surface area contributed by atoms with Gasteiger partial charge in [-0.1, -0.05) is 6.42 Å². The number of piperidine rings is 1. The Morgan fingerprint density at radius 2 is 2.28 bits per heavy atom. The highest BCUT2D eigenvalue weighted by molar-refractivity contribution is 7.09. The zero-order valence-corrected chi connectivity index (χ0v) is 12.5. The van der Waals surface area contributed by atoms with E-state index in [2.05, 4.69) is 36.0 Å². The molecule has 1 aromatic heterocycles. The highest BCUT2D eigenvalue weighted by Crippen LogP contribution is 2.26. The lowest BCUT2D eigenvalue weighted by atomic mass is 10.0. The van der Waals surface area contributed by atoms with Crippen molar-refractivity contribution in [2.45, 2.75) is 58.2 Å². The van der Waals surface area contributed by atoms with E-state index in [4.69, 9.17) is 0 Å². The number of hydrogen-bond acceptors (Lipinski definition) is 4. The topological polar surface area (TPSA) is 28.2 Å². The second-order valence-corrected chi connectivity index (χ2v) is 6.44. The molecule has 2 rings (SSSR count). The highest BCUT2D eigenvalue weighted by Gasteiger charge is 2.24. The zero-order valence-electron chi connectivity index (χ0n) is 11.7. The molecular formula is C14H25N3S. The summed E-state index contributed by atoms with van der Waals surface area (Å²) in [6.45, 7) is 9.22. The van der Waals surface area contributed by atoms with E-state index in [9.17, 15) is 0 Å². The van der Waals surface area contributed by atoms with Crippen LogP contribution in [0.2, 0.25) is 0 Å². The number of thiazole rings is 1. The first kappa shape index (κ1) is 14.0. The molecule has 1 saturated heterocycles. The van der Waals surface area contributed by atoms with Gasteiger partial charge in [0.05, 0.1) is 5.51 Å². The van der Waals surface area contributed by atoms with Gasteiger partial charge in [-0.25, -0.2) is 0 Å². The van der Waals surface area contributed by atoms with Crippen LogP contribution in [0, 0.1) is 0 Å². The first-order valence-electron chi connectivity index (χ1n) is 7.06. The average molecular weight is 267 g/mol. The molecule has 1 aliphatic heterocycles. The Kier molecular flexibility index (Phi) is 5.15. The summed E-state index contributed by atoms with van der Waals surface area (Å²) in [7, 11) is 0. The summed E-state index contributed by atoms with van der Waals surface area (Å²) in [4.78, 5) is 8.18. The summed E-state index contributed by atoms with van der Waals surface area (Å²) in [5, 5.41) is 3.65. The van der Waals surface area contributed by atoms with E-state index >= 15 is 0 Å². The van der Waals surface area contributed by atoms with Crippen LogP contribution < -0.4 is 5.32 Å². The molecule has 1 fully saturated rings. The van der Waals surface area contributed by atoms with Crippen molar-refractivity contribution in [3.05, 3.63) is 16.6 Å². The number of rotatable bonds is 5. The summed E-state index contributed by atoms with van der Waals surface area (Å²) in [6, 6.07) is 1.71. The summed E-state index contributed by atoms with van der Waals surface area (Å²) in [5.41, 5.74) is 1.93. The van der Waals surface area contributed by atoms with E-state index in [0.29, 0.717) is 18.1 Å². The van der Waals surface area contributed by atoms with Crippen molar-refractivity contribution in [2.75, 3.05) is 13.1 Å². The molecule has 2 unspecified atom stereocenters. The van der Waals surface area contributed by atoms with Crippen LogP contribution in [-0.4, -0.2) is 35.1 Å². The molecule has 2 atom stereocenters. The van der Waals surface area contributed by atoms with Gasteiger partial charge in [-0.05, 0) is 40.2 Å². The molecule has 2 heterocycles. The largest absolute Gasteiger partial charge is 0.313 e. The highest BCUT2D eigenvalue weighted by atomic mass is 32.1. The molecule has 1 N–H and O–H groups in total. The van der Waals surface area contributed by atoms with Crippen LogP contribution in [0.1, 0.15) is 51.0 Å². The lowest BCUT2D eigenvalue weighted by molar-refractivity contribution is 0.139. The molecule has 0 spiro atoms. The molecule has 1 aromatic rings. The quantitative estimate of drug-likeness (QED) is 0.888. The Hall–Kier alpha value is -0.450. The predicted molar refractivity (Wildman–Crippen MR) is 78.0 cm³/mol. The number of aromatic nitrogens is 1. The first-order valence-corrected chi connectivity index (χ1v) is 7.94. The van der Waals surface area contributed by atoms with Gasteiger partial charge in [0.2, 0.25) is 0 Å². The molecule has 0 bridgehead atoms. The third-order valence-corrected chi connectivity index (χ3v) is 4.81. The van der Waals surface area contributed by atoms with Gasteiger partial charge in [-0.2, -0.15) is 0 Å². The maximum absolute atomic E-state index is 4.21. The average Bonchev–Trinajstić information content (AvgIpc) is 2.90. The van der Waals surface area contributed by atoms with Crippen molar-refractivity contribution >= 4 is 11.3 Å². The summed E-state index contributed by atoms with van der Waals surface area (Å²) < 4.78 is 0. The van der Waals surface area contributed by atoms with Gasteiger partial charge < -0.3 is 5.32 Å². The fourth-order valence-corrected chi connectivity index (χ4v) is 3.44. The number of nitrogens with zero attached hydrogens (tertiary/aromatic N) is 2. The summed E-state index contributed by atoms with van der Waals surface area (Å²) >= 11 is 1.77. The van der Waals surface area contributed by atoms with E-state index in [1.807, 2.05) is 11.7 Å².